The summed E-state index contributed by atoms with van der Waals surface area (Å²) >= 11 is 0. The van der Waals surface area contributed by atoms with E-state index in [1.165, 1.54) is 0 Å². The molecule has 1 aliphatic heterocycles. The van der Waals surface area contributed by atoms with Gasteiger partial charge in [-0.25, -0.2) is 0 Å². The zero-order valence-electron chi connectivity index (χ0n) is 14.7. The molecule has 0 saturated carbocycles. The van der Waals surface area contributed by atoms with Crippen molar-refractivity contribution >= 4 is 0 Å². The molecule has 1 N–H and O–H groups in total. The van der Waals surface area contributed by atoms with Crippen molar-refractivity contribution in [1.82, 2.24) is 34.3 Å². The summed E-state index contributed by atoms with van der Waals surface area (Å²) in [4.78, 5) is 4.67. The Kier molecular flexibility index (Phi) is 5.27. The van der Waals surface area contributed by atoms with Crippen LogP contribution in [0.2, 0.25) is 0 Å². The van der Waals surface area contributed by atoms with E-state index in [9.17, 15) is 5.11 Å². The van der Waals surface area contributed by atoms with Crippen LogP contribution in [-0.2, 0) is 20.1 Å². The van der Waals surface area contributed by atoms with Crippen LogP contribution in [0.15, 0.2) is 18.5 Å². The predicted octanol–water partition coefficient (Wildman–Crippen LogP) is -0.113. The lowest BCUT2D eigenvalue weighted by Gasteiger charge is -2.25. The zero-order chi connectivity index (χ0) is 17.1. The van der Waals surface area contributed by atoms with Crippen molar-refractivity contribution < 1.29 is 5.11 Å². The number of hydrogen-bond acceptors (Lipinski definition) is 6. The molecule has 0 unspecified atom stereocenters. The zero-order valence-corrected chi connectivity index (χ0v) is 14.7. The van der Waals surface area contributed by atoms with Gasteiger partial charge in [0, 0.05) is 38.6 Å². The highest BCUT2D eigenvalue weighted by Crippen LogP contribution is 2.16. The standard InChI is InChI=1S/C16H27N7O/c1-13-18-19-16(21(13)3)12-20(2)14-5-8-22(9-14)10-15(24)11-23-7-4-6-17-23/h4,6-7,14-15,24H,5,8-12H2,1-3H3/t14-,15+/m1/s1. The maximum atomic E-state index is 10.2. The van der Waals surface area contributed by atoms with Gasteiger partial charge in [0.15, 0.2) is 0 Å². The van der Waals surface area contributed by atoms with E-state index in [1.54, 1.807) is 10.9 Å². The fourth-order valence-electron chi connectivity index (χ4n) is 3.26. The highest BCUT2D eigenvalue weighted by Gasteiger charge is 2.27. The Balaban J connectivity index is 1.46. The van der Waals surface area contributed by atoms with Crippen LogP contribution < -0.4 is 0 Å². The van der Waals surface area contributed by atoms with E-state index in [4.69, 9.17) is 0 Å². The topological polar surface area (TPSA) is 75.2 Å². The first-order valence-corrected chi connectivity index (χ1v) is 8.46. The Morgan fingerprint density at radius 2 is 2.21 bits per heavy atom. The van der Waals surface area contributed by atoms with Gasteiger partial charge in [0.1, 0.15) is 11.6 Å². The number of nitrogens with zero attached hydrogens (tertiary/aromatic N) is 7. The van der Waals surface area contributed by atoms with Gasteiger partial charge in [-0.1, -0.05) is 0 Å². The van der Waals surface area contributed by atoms with Crippen LogP contribution in [-0.4, -0.2) is 78.3 Å². The minimum Gasteiger partial charge on any atom is -0.390 e. The molecule has 0 spiro atoms. The Hall–Kier alpha value is -1.77. The summed E-state index contributed by atoms with van der Waals surface area (Å²) in [7, 11) is 4.14. The second-order valence-electron chi connectivity index (χ2n) is 6.72. The monoisotopic (exact) mass is 333 g/mol. The van der Waals surface area contributed by atoms with Crippen LogP contribution in [0.5, 0.6) is 0 Å². The van der Waals surface area contributed by atoms with Crippen LogP contribution in [0.4, 0.5) is 0 Å². The lowest BCUT2D eigenvalue weighted by Crippen LogP contribution is -2.38. The molecule has 8 heteroatoms. The number of aryl methyl sites for hydroxylation is 1. The number of hydrogen-bond donors (Lipinski definition) is 1. The number of likely N-dealkylation sites (tertiary alicyclic amines) is 1. The highest BCUT2D eigenvalue weighted by atomic mass is 16.3. The molecular formula is C16H27N7O. The van der Waals surface area contributed by atoms with Crippen LogP contribution in [0.1, 0.15) is 18.1 Å². The molecule has 1 fully saturated rings. The molecule has 0 aromatic carbocycles. The number of β-amino-alcohol motifs (C(OH)–C–C–N with tert-alkyl or cyclic N) is 1. The van der Waals surface area contributed by atoms with E-state index < -0.39 is 6.10 Å². The van der Waals surface area contributed by atoms with Crippen LogP contribution in [0, 0.1) is 6.92 Å². The van der Waals surface area contributed by atoms with Gasteiger partial charge in [-0.2, -0.15) is 5.10 Å². The molecule has 24 heavy (non-hydrogen) atoms. The lowest BCUT2D eigenvalue weighted by atomic mass is 10.2. The Morgan fingerprint density at radius 1 is 1.38 bits per heavy atom. The Labute approximate surface area is 142 Å². The number of rotatable bonds is 7. The molecule has 2 aromatic heterocycles. The smallest absolute Gasteiger partial charge is 0.146 e. The number of likely N-dealkylation sites (N-methyl/N-ethyl adjacent to an activating group) is 1. The van der Waals surface area contributed by atoms with Gasteiger partial charge in [0.05, 0.1) is 19.2 Å². The summed E-state index contributed by atoms with van der Waals surface area (Å²) in [6, 6.07) is 2.36. The van der Waals surface area contributed by atoms with Crippen LogP contribution >= 0.6 is 0 Å². The fraction of sp³-hybridized carbons (Fsp3) is 0.688. The molecule has 0 amide bonds. The molecule has 0 radical (unpaired) electrons. The molecule has 1 saturated heterocycles. The van der Waals surface area contributed by atoms with E-state index in [-0.39, 0.29) is 0 Å². The molecule has 0 aliphatic carbocycles. The molecule has 1 aliphatic rings. The van der Waals surface area contributed by atoms with Crippen molar-refractivity contribution in [2.24, 2.45) is 7.05 Å². The second-order valence-corrected chi connectivity index (χ2v) is 6.72. The van der Waals surface area contributed by atoms with E-state index >= 15 is 0 Å². The third-order valence-corrected chi connectivity index (χ3v) is 4.87. The van der Waals surface area contributed by atoms with Gasteiger partial charge >= 0.3 is 0 Å². The van der Waals surface area contributed by atoms with E-state index in [0.717, 1.165) is 37.7 Å². The molecule has 132 valence electrons. The first-order chi connectivity index (χ1) is 11.5. The number of aromatic nitrogens is 5. The molecule has 8 nitrogen and oxygen atoms in total. The molecule has 2 aromatic rings. The first kappa shape index (κ1) is 17.1. The van der Waals surface area contributed by atoms with Crippen molar-refractivity contribution in [3.05, 3.63) is 30.1 Å². The maximum absolute atomic E-state index is 10.2. The van der Waals surface area contributed by atoms with Gasteiger partial charge in [0.2, 0.25) is 0 Å². The largest absolute Gasteiger partial charge is 0.390 e. The number of aliphatic hydroxyl groups excluding tert-OH is 1. The van der Waals surface area contributed by atoms with Crippen LogP contribution in [0.25, 0.3) is 0 Å². The fourth-order valence-corrected chi connectivity index (χ4v) is 3.26. The van der Waals surface area contributed by atoms with Gasteiger partial charge < -0.3 is 9.67 Å². The predicted molar refractivity (Wildman–Crippen MR) is 90.3 cm³/mol. The van der Waals surface area contributed by atoms with E-state index in [2.05, 4.69) is 32.1 Å². The highest BCUT2D eigenvalue weighted by molar-refractivity contribution is 4.94. The molecule has 2 atom stereocenters. The first-order valence-electron chi connectivity index (χ1n) is 8.46. The van der Waals surface area contributed by atoms with E-state index in [1.807, 2.05) is 30.8 Å². The van der Waals surface area contributed by atoms with Gasteiger partial charge in [-0.3, -0.25) is 14.5 Å². The van der Waals surface area contributed by atoms with Gasteiger partial charge in [-0.15, -0.1) is 10.2 Å². The summed E-state index contributed by atoms with van der Waals surface area (Å²) in [6.07, 6.45) is 4.34. The second kappa shape index (κ2) is 7.42. The quantitative estimate of drug-likeness (QED) is 0.762. The van der Waals surface area contributed by atoms with Crippen molar-refractivity contribution in [3.8, 4) is 0 Å². The minimum atomic E-state index is -0.393. The third-order valence-electron chi connectivity index (χ3n) is 4.87. The summed E-state index contributed by atoms with van der Waals surface area (Å²) in [6.45, 7) is 5.99. The lowest BCUT2D eigenvalue weighted by molar-refractivity contribution is 0.101. The summed E-state index contributed by atoms with van der Waals surface area (Å²) < 4.78 is 3.82. The average molecular weight is 333 g/mol. The minimum absolute atomic E-state index is 0.393. The SMILES string of the molecule is Cc1nnc(CN(C)[C@@H]2CCN(C[C@H](O)Cn3cccn3)C2)n1C. The molecular weight excluding hydrogens is 306 g/mol. The van der Waals surface area contributed by atoms with Crippen molar-refractivity contribution in [2.75, 3.05) is 26.7 Å². The summed E-state index contributed by atoms with van der Waals surface area (Å²) in [5.41, 5.74) is 0. The maximum Gasteiger partial charge on any atom is 0.146 e. The van der Waals surface area contributed by atoms with Crippen molar-refractivity contribution in [1.29, 1.82) is 0 Å². The van der Waals surface area contributed by atoms with Gasteiger partial charge in [-0.05, 0) is 33.0 Å². The Morgan fingerprint density at radius 3 is 2.88 bits per heavy atom. The molecule has 3 rings (SSSR count). The summed E-state index contributed by atoms with van der Waals surface area (Å²) in [5, 5.41) is 22.8. The molecule has 0 bridgehead atoms. The van der Waals surface area contributed by atoms with Crippen molar-refractivity contribution in [3.63, 3.8) is 0 Å². The number of aliphatic hydroxyl groups is 1. The van der Waals surface area contributed by atoms with Gasteiger partial charge in [0.25, 0.3) is 0 Å². The average Bonchev–Trinajstić information content (AvgIpc) is 3.26. The normalized spacial score (nSPS) is 20.1. The Bertz CT molecular complexity index is 639. The van der Waals surface area contributed by atoms with Crippen LogP contribution in [0.3, 0.4) is 0 Å². The summed E-state index contributed by atoms with van der Waals surface area (Å²) in [5.74, 6) is 1.93. The third kappa shape index (κ3) is 4.00. The molecule has 3 heterocycles. The van der Waals surface area contributed by atoms with Crippen molar-refractivity contribution in [2.45, 2.75) is 38.6 Å². The van der Waals surface area contributed by atoms with E-state index in [0.29, 0.717) is 19.1 Å².